The Balaban J connectivity index is 1.85. The number of hydrogen-bond donors (Lipinski definition) is 2. The predicted octanol–water partition coefficient (Wildman–Crippen LogP) is 1.36. The standard InChI is InChI=1S/C10H22N2/c1-2-9(7-11)5-6-12-8-10-3-4-10/h9-10,12H,2-8,11H2,1H3. The van der Waals surface area contributed by atoms with Gasteiger partial charge in [-0.25, -0.2) is 0 Å². The van der Waals surface area contributed by atoms with Crippen LogP contribution in [0, 0.1) is 11.8 Å². The monoisotopic (exact) mass is 170 g/mol. The number of nitrogens with two attached hydrogens (primary N) is 1. The van der Waals surface area contributed by atoms with Crippen molar-refractivity contribution >= 4 is 0 Å². The van der Waals surface area contributed by atoms with Crippen LogP contribution in [0.5, 0.6) is 0 Å². The van der Waals surface area contributed by atoms with Crippen LogP contribution in [0.4, 0.5) is 0 Å². The summed E-state index contributed by atoms with van der Waals surface area (Å²) < 4.78 is 0. The van der Waals surface area contributed by atoms with E-state index in [0.29, 0.717) is 0 Å². The Morgan fingerprint density at radius 2 is 2.25 bits per heavy atom. The van der Waals surface area contributed by atoms with Gasteiger partial charge >= 0.3 is 0 Å². The minimum absolute atomic E-state index is 0.733. The fourth-order valence-corrected chi connectivity index (χ4v) is 1.42. The molecule has 0 bridgehead atoms. The third-order valence-electron chi connectivity index (χ3n) is 2.77. The van der Waals surface area contributed by atoms with Crippen molar-refractivity contribution in [2.45, 2.75) is 32.6 Å². The van der Waals surface area contributed by atoms with Crippen LogP contribution in [0.1, 0.15) is 32.6 Å². The van der Waals surface area contributed by atoms with Crippen molar-refractivity contribution < 1.29 is 0 Å². The van der Waals surface area contributed by atoms with Crippen LogP contribution in [0.3, 0.4) is 0 Å². The molecule has 0 aromatic heterocycles. The highest BCUT2D eigenvalue weighted by Gasteiger charge is 2.20. The zero-order valence-electron chi connectivity index (χ0n) is 8.18. The molecule has 0 aromatic carbocycles. The second kappa shape index (κ2) is 5.55. The van der Waals surface area contributed by atoms with Crippen LogP contribution < -0.4 is 11.1 Å². The normalized spacial score (nSPS) is 19.5. The zero-order valence-corrected chi connectivity index (χ0v) is 8.18. The summed E-state index contributed by atoms with van der Waals surface area (Å²) in [6.07, 6.45) is 5.36. The van der Waals surface area contributed by atoms with Crippen LogP contribution in [0.2, 0.25) is 0 Å². The Morgan fingerprint density at radius 3 is 2.75 bits per heavy atom. The molecule has 2 heteroatoms. The van der Waals surface area contributed by atoms with Crippen molar-refractivity contribution in [2.75, 3.05) is 19.6 Å². The maximum Gasteiger partial charge on any atom is -0.00205 e. The number of nitrogens with one attached hydrogen (secondary N) is 1. The molecule has 2 nitrogen and oxygen atoms in total. The molecule has 3 N–H and O–H groups in total. The van der Waals surface area contributed by atoms with E-state index in [4.69, 9.17) is 5.73 Å². The molecule has 1 aliphatic rings. The van der Waals surface area contributed by atoms with E-state index in [0.717, 1.165) is 24.9 Å². The van der Waals surface area contributed by atoms with Crippen LogP contribution in [-0.4, -0.2) is 19.6 Å². The highest BCUT2D eigenvalue weighted by molar-refractivity contribution is 4.75. The highest BCUT2D eigenvalue weighted by atomic mass is 14.9. The van der Waals surface area contributed by atoms with E-state index < -0.39 is 0 Å². The first kappa shape index (κ1) is 10.0. The molecule has 1 rings (SSSR count). The fraction of sp³-hybridized carbons (Fsp3) is 1.00. The Labute approximate surface area is 75.9 Å². The highest BCUT2D eigenvalue weighted by Crippen LogP contribution is 2.27. The lowest BCUT2D eigenvalue weighted by molar-refractivity contribution is 0.457. The van der Waals surface area contributed by atoms with Crippen LogP contribution in [0.25, 0.3) is 0 Å². The summed E-state index contributed by atoms with van der Waals surface area (Å²) in [4.78, 5) is 0. The third-order valence-corrected chi connectivity index (χ3v) is 2.77. The Bertz CT molecular complexity index is 106. The fourth-order valence-electron chi connectivity index (χ4n) is 1.42. The number of rotatable bonds is 7. The molecule has 0 aromatic rings. The lowest BCUT2D eigenvalue weighted by atomic mass is 10.0. The summed E-state index contributed by atoms with van der Waals surface area (Å²) >= 11 is 0. The average Bonchev–Trinajstić information content (AvgIpc) is 2.89. The lowest BCUT2D eigenvalue weighted by Crippen LogP contribution is -2.23. The second-order valence-electron chi connectivity index (χ2n) is 3.95. The van der Waals surface area contributed by atoms with Crippen LogP contribution >= 0.6 is 0 Å². The van der Waals surface area contributed by atoms with Crippen molar-refractivity contribution in [3.8, 4) is 0 Å². The van der Waals surface area contributed by atoms with Gasteiger partial charge in [-0.3, -0.25) is 0 Å². The van der Waals surface area contributed by atoms with Gasteiger partial charge in [-0.2, -0.15) is 0 Å². The van der Waals surface area contributed by atoms with Gasteiger partial charge < -0.3 is 11.1 Å². The molecule has 1 fully saturated rings. The molecular formula is C10H22N2. The van der Waals surface area contributed by atoms with E-state index >= 15 is 0 Å². The summed E-state index contributed by atoms with van der Waals surface area (Å²) in [7, 11) is 0. The van der Waals surface area contributed by atoms with Gasteiger partial charge in [-0.15, -0.1) is 0 Å². The molecule has 1 atom stereocenters. The van der Waals surface area contributed by atoms with E-state index in [1.54, 1.807) is 0 Å². The van der Waals surface area contributed by atoms with Gasteiger partial charge in [0.15, 0.2) is 0 Å². The van der Waals surface area contributed by atoms with Gasteiger partial charge in [-0.05, 0) is 50.7 Å². The van der Waals surface area contributed by atoms with Gasteiger partial charge in [0.2, 0.25) is 0 Å². The number of hydrogen-bond acceptors (Lipinski definition) is 2. The summed E-state index contributed by atoms with van der Waals surface area (Å²) in [5.74, 6) is 1.74. The Kier molecular flexibility index (Phi) is 4.62. The SMILES string of the molecule is CCC(CN)CCNCC1CC1. The lowest BCUT2D eigenvalue weighted by Gasteiger charge is -2.11. The summed E-state index contributed by atoms with van der Waals surface area (Å²) in [6.45, 7) is 5.47. The van der Waals surface area contributed by atoms with Crippen LogP contribution in [0.15, 0.2) is 0 Å². The van der Waals surface area contributed by atoms with Crippen LogP contribution in [-0.2, 0) is 0 Å². The molecule has 0 heterocycles. The molecule has 12 heavy (non-hydrogen) atoms. The van der Waals surface area contributed by atoms with E-state index in [-0.39, 0.29) is 0 Å². The summed E-state index contributed by atoms with van der Waals surface area (Å²) in [5.41, 5.74) is 5.61. The summed E-state index contributed by atoms with van der Waals surface area (Å²) in [6, 6.07) is 0. The average molecular weight is 170 g/mol. The quantitative estimate of drug-likeness (QED) is 0.566. The van der Waals surface area contributed by atoms with E-state index in [1.807, 2.05) is 0 Å². The first-order chi connectivity index (χ1) is 5.86. The maximum absolute atomic E-state index is 5.61. The second-order valence-corrected chi connectivity index (χ2v) is 3.95. The Morgan fingerprint density at radius 1 is 1.50 bits per heavy atom. The van der Waals surface area contributed by atoms with E-state index in [1.165, 1.54) is 32.2 Å². The molecule has 0 radical (unpaired) electrons. The van der Waals surface area contributed by atoms with E-state index in [2.05, 4.69) is 12.2 Å². The Hall–Kier alpha value is -0.0800. The predicted molar refractivity (Wildman–Crippen MR) is 53.0 cm³/mol. The first-order valence-electron chi connectivity index (χ1n) is 5.27. The van der Waals surface area contributed by atoms with Crippen molar-refractivity contribution in [3.05, 3.63) is 0 Å². The van der Waals surface area contributed by atoms with Gasteiger partial charge in [-0.1, -0.05) is 13.3 Å². The smallest absolute Gasteiger partial charge is 0.00205 e. The van der Waals surface area contributed by atoms with Gasteiger partial charge in [0.05, 0.1) is 0 Å². The molecule has 0 spiro atoms. The minimum atomic E-state index is 0.733. The van der Waals surface area contributed by atoms with Crippen molar-refractivity contribution in [1.82, 2.24) is 5.32 Å². The maximum atomic E-state index is 5.61. The van der Waals surface area contributed by atoms with Gasteiger partial charge in [0.25, 0.3) is 0 Å². The molecule has 1 aliphatic carbocycles. The largest absolute Gasteiger partial charge is 0.330 e. The molecule has 72 valence electrons. The molecule has 0 saturated heterocycles. The summed E-state index contributed by atoms with van der Waals surface area (Å²) in [5, 5.41) is 3.49. The third kappa shape index (κ3) is 4.07. The molecular weight excluding hydrogens is 148 g/mol. The van der Waals surface area contributed by atoms with E-state index in [9.17, 15) is 0 Å². The van der Waals surface area contributed by atoms with Gasteiger partial charge in [0.1, 0.15) is 0 Å². The molecule has 1 unspecified atom stereocenters. The molecule has 0 amide bonds. The molecule has 0 aliphatic heterocycles. The van der Waals surface area contributed by atoms with Crippen molar-refractivity contribution in [3.63, 3.8) is 0 Å². The first-order valence-corrected chi connectivity index (χ1v) is 5.27. The minimum Gasteiger partial charge on any atom is -0.330 e. The van der Waals surface area contributed by atoms with Gasteiger partial charge in [0, 0.05) is 0 Å². The topological polar surface area (TPSA) is 38.0 Å². The van der Waals surface area contributed by atoms with Crippen molar-refractivity contribution in [2.24, 2.45) is 17.6 Å². The zero-order chi connectivity index (χ0) is 8.81. The molecule has 1 saturated carbocycles. The van der Waals surface area contributed by atoms with Crippen molar-refractivity contribution in [1.29, 1.82) is 0 Å².